The van der Waals surface area contributed by atoms with E-state index in [4.69, 9.17) is 9.84 Å². The molecule has 1 aromatic rings. The van der Waals surface area contributed by atoms with Gasteiger partial charge in [-0.25, -0.2) is 9.78 Å². The molecule has 0 spiro atoms. The summed E-state index contributed by atoms with van der Waals surface area (Å²) in [6.45, 7) is 1.36. The first kappa shape index (κ1) is 11.5. The summed E-state index contributed by atoms with van der Waals surface area (Å²) in [5.41, 5.74) is 0.0231. The lowest BCUT2D eigenvalue weighted by atomic mass is 10.3. The molecule has 0 aliphatic heterocycles. The normalized spacial score (nSPS) is 10.3. The molecule has 0 bridgehead atoms. The first-order valence-electron chi connectivity index (χ1n) is 4.56. The fourth-order valence-electron chi connectivity index (χ4n) is 0.938. The van der Waals surface area contributed by atoms with Crippen LogP contribution in [0, 0.1) is 0 Å². The van der Waals surface area contributed by atoms with Crippen molar-refractivity contribution in [1.29, 1.82) is 0 Å². The first-order chi connectivity index (χ1) is 7.09. The molecular formula is C10H14N2O3. The molecular weight excluding hydrogens is 196 g/mol. The van der Waals surface area contributed by atoms with Crippen molar-refractivity contribution in [3.8, 4) is 5.75 Å². The van der Waals surface area contributed by atoms with Crippen LogP contribution in [0.1, 0.15) is 10.5 Å². The number of hydrogen-bond donors (Lipinski definition) is 1. The first-order valence-corrected chi connectivity index (χ1v) is 4.56. The summed E-state index contributed by atoms with van der Waals surface area (Å²) < 4.78 is 5.35. The highest BCUT2D eigenvalue weighted by Crippen LogP contribution is 2.08. The highest BCUT2D eigenvalue weighted by atomic mass is 16.5. The molecule has 5 nitrogen and oxygen atoms in total. The second-order valence-electron chi connectivity index (χ2n) is 3.34. The van der Waals surface area contributed by atoms with Crippen LogP contribution in [0.3, 0.4) is 0 Å². The molecule has 0 atom stereocenters. The van der Waals surface area contributed by atoms with Crippen molar-refractivity contribution in [3.05, 3.63) is 24.0 Å². The number of carbonyl (C=O) groups is 1. The van der Waals surface area contributed by atoms with Crippen molar-refractivity contribution in [2.24, 2.45) is 0 Å². The summed E-state index contributed by atoms with van der Waals surface area (Å²) in [4.78, 5) is 16.2. The summed E-state index contributed by atoms with van der Waals surface area (Å²) in [5, 5.41) is 8.61. The van der Waals surface area contributed by atoms with Crippen LogP contribution in [-0.2, 0) is 0 Å². The zero-order chi connectivity index (χ0) is 11.3. The monoisotopic (exact) mass is 210 g/mol. The Balaban J connectivity index is 2.46. The Morgan fingerprint density at radius 1 is 1.53 bits per heavy atom. The third-order valence-corrected chi connectivity index (χ3v) is 1.76. The highest BCUT2D eigenvalue weighted by Gasteiger charge is 2.03. The maximum absolute atomic E-state index is 10.5. The van der Waals surface area contributed by atoms with Crippen molar-refractivity contribution in [2.75, 3.05) is 27.2 Å². The molecule has 0 fully saturated rings. The highest BCUT2D eigenvalue weighted by molar-refractivity contribution is 5.85. The van der Waals surface area contributed by atoms with Gasteiger partial charge in [-0.1, -0.05) is 0 Å². The molecule has 0 aliphatic carbocycles. The van der Waals surface area contributed by atoms with Crippen molar-refractivity contribution in [1.82, 2.24) is 9.88 Å². The Bertz CT molecular complexity index is 322. The number of rotatable bonds is 5. The second kappa shape index (κ2) is 5.31. The van der Waals surface area contributed by atoms with Crippen molar-refractivity contribution < 1.29 is 14.6 Å². The van der Waals surface area contributed by atoms with Gasteiger partial charge in [0.05, 0.1) is 6.20 Å². The lowest BCUT2D eigenvalue weighted by molar-refractivity contribution is 0.0690. The van der Waals surface area contributed by atoms with Crippen LogP contribution in [0.15, 0.2) is 18.3 Å². The molecule has 0 saturated heterocycles. The van der Waals surface area contributed by atoms with Crippen molar-refractivity contribution in [2.45, 2.75) is 0 Å². The van der Waals surface area contributed by atoms with E-state index in [1.807, 2.05) is 19.0 Å². The van der Waals surface area contributed by atoms with E-state index in [-0.39, 0.29) is 5.69 Å². The fraction of sp³-hybridized carbons (Fsp3) is 0.400. The lowest BCUT2D eigenvalue weighted by Gasteiger charge is -2.10. The third-order valence-electron chi connectivity index (χ3n) is 1.76. The molecule has 82 valence electrons. The number of pyridine rings is 1. The Hall–Kier alpha value is -1.62. The minimum atomic E-state index is -1.03. The minimum absolute atomic E-state index is 0.0231. The summed E-state index contributed by atoms with van der Waals surface area (Å²) in [7, 11) is 3.91. The second-order valence-corrected chi connectivity index (χ2v) is 3.34. The fourth-order valence-corrected chi connectivity index (χ4v) is 0.938. The van der Waals surface area contributed by atoms with Crippen LogP contribution in [0.4, 0.5) is 0 Å². The van der Waals surface area contributed by atoms with Gasteiger partial charge in [0, 0.05) is 6.54 Å². The molecule has 0 saturated carbocycles. The van der Waals surface area contributed by atoms with E-state index in [0.29, 0.717) is 12.4 Å². The Morgan fingerprint density at radius 2 is 2.27 bits per heavy atom. The van der Waals surface area contributed by atoms with Crippen LogP contribution >= 0.6 is 0 Å². The van der Waals surface area contributed by atoms with Gasteiger partial charge in [-0.3, -0.25) is 0 Å². The SMILES string of the molecule is CN(C)CCOc1ccc(C(=O)O)nc1. The number of ether oxygens (including phenoxy) is 1. The molecule has 15 heavy (non-hydrogen) atoms. The van der Waals surface area contributed by atoms with Gasteiger partial charge in [0.15, 0.2) is 0 Å². The lowest BCUT2D eigenvalue weighted by Crippen LogP contribution is -2.19. The van der Waals surface area contributed by atoms with E-state index in [1.54, 1.807) is 6.07 Å². The Kier molecular flexibility index (Phi) is 4.05. The molecule has 0 aliphatic rings. The standard InChI is InChI=1S/C10H14N2O3/c1-12(2)5-6-15-8-3-4-9(10(13)14)11-7-8/h3-4,7H,5-6H2,1-2H3,(H,13,14). The van der Waals surface area contributed by atoms with E-state index in [1.165, 1.54) is 12.3 Å². The summed E-state index contributed by atoms with van der Waals surface area (Å²) in [6, 6.07) is 3.03. The van der Waals surface area contributed by atoms with Gasteiger partial charge in [0.2, 0.25) is 0 Å². The van der Waals surface area contributed by atoms with Crippen LogP contribution in [-0.4, -0.2) is 48.2 Å². The van der Waals surface area contributed by atoms with Gasteiger partial charge in [0.25, 0.3) is 0 Å². The van der Waals surface area contributed by atoms with Crippen molar-refractivity contribution in [3.63, 3.8) is 0 Å². The number of carboxylic acid groups (broad SMARTS) is 1. The van der Waals surface area contributed by atoms with Gasteiger partial charge in [-0.2, -0.15) is 0 Å². The molecule has 0 aromatic carbocycles. The Morgan fingerprint density at radius 3 is 2.73 bits per heavy atom. The summed E-state index contributed by atoms with van der Waals surface area (Å²) in [6.07, 6.45) is 1.42. The number of nitrogens with zero attached hydrogens (tertiary/aromatic N) is 2. The largest absolute Gasteiger partial charge is 0.491 e. The summed E-state index contributed by atoms with van der Waals surface area (Å²) in [5.74, 6) is -0.448. The molecule has 1 rings (SSSR count). The molecule has 1 aromatic heterocycles. The maximum atomic E-state index is 10.5. The number of aromatic carboxylic acids is 1. The van der Waals surface area contributed by atoms with Gasteiger partial charge in [0.1, 0.15) is 18.1 Å². The minimum Gasteiger partial charge on any atom is -0.491 e. The van der Waals surface area contributed by atoms with Crippen LogP contribution in [0.25, 0.3) is 0 Å². The third kappa shape index (κ3) is 3.95. The van der Waals surface area contributed by atoms with E-state index >= 15 is 0 Å². The molecule has 0 radical (unpaired) electrons. The van der Waals surface area contributed by atoms with Gasteiger partial charge in [-0.15, -0.1) is 0 Å². The average molecular weight is 210 g/mol. The molecule has 5 heteroatoms. The number of aromatic nitrogens is 1. The van der Waals surface area contributed by atoms with Gasteiger partial charge >= 0.3 is 5.97 Å². The van der Waals surface area contributed by atoms with E-state index in [2.05, 4.69) is 4.98 Å². The molecule has 0 unspecified atom stereocenters. The number of hydrogen-bond acceptors (Lipinski definition) is 4. The topological polar surface area (TPSA) is 62.7 Å². The van der Waals surface area contributed by atoms with E-state index in [0.717, 1.165) is 6.54 Å². The predicted octanol–water partition coefficient (Wildman–Crippen LogP) is 0.720. The van der Waals surface area contributed by atoms with Crippen molar-refractivity contribution >= 4 is 5.97 Å². The quantitative estimate of drug-likeness (QED) is 0.775. The maximum Gasteiger partial charge on any atom is 0.354 e. The number of carboxylic acids is 1. The molecule has 0 amide bonds. The van der Waals surface area contributed by atoms with E-state index in [9.17, 15) is 4.79 Å². The summed E-state index contributed by atoms with van der Waals surface area (Å²) >= 11 is 0. The molecule has 1 heterocycles. The smallest absolute Gasteiger partial charge is 0.354 e. The van der Waals surface area contributed by atoms with E-state index < -0.39 is 5.97 Å². The van der Waals surface area contributed by atoms with Gasteiger partial charge < -0.3 is 14.7 Å². The van der Waals surface area contributed by atoms with Crippen LogP contribution in [0.5, 0.6) is 5.75 Å². The number of likely N-dealkylation sites (N-methyl/N-ethyl adjacent to an activating group) is 1. The average Bonchev–Trinajstić information content (AvgIpc) is 2.18. The van der Waals surface area contributed by atoms with Crippen LogP contribution in [0.2, 0.25) is 0 Å². The predicted molar refractivity (Wildman–Crippen MR) is 55.2 cm³/mol. The Labute approximate surface area is 88.3 Å². The zero-order valence-corrected chi connectivity index (χ0v) is 8.80. The van der Waals surface area contributed by atoms with Crippen LogP contribution < -0.4 is 4.74 Å². The van der Waals surface area contributed by atoms with Gasteiger partial charge in [-0.05, 0) is 26.2 Å². The molecule has 1 N–H and O–H groups in total. The zero-order valence-electron chi connectivity index (χ0n) is 8.80.